The van der Waals surface area contributed by atoms with Gasteiger partial charge in [-0.25, -0.2) is 0 Å². The molecule has 0 aliphatic heterocycles. The maximum absolute atomic E-state index is 10.3. The van der Waals surface area contributed by atoms with E-state index in [4.69, 9.17) is 0 Å². The Morgan fingerprint density at radius 2 is 0.812 bits per heavy atom. The van der Waals surface area contributed by atoms with Crippen LogP contribution in [0.15, 0.2) is 207 Å². The summed E-state index contributed by atoms with van der Waals surface area (Å²) in [6, 6.07) is 79.4. The van der Waals surface area contributed by atoms with Crippen molar-refractivity contribution >= 4 is 0 Å². The molecule has 0 aliphatic rings. The zero-order chi connectivity index (χ0) is 46.1. The smallest absolute Gasteiger partial charge is 0.305 e. The molecule has 10 aromatic rings. The maximum Gasteiger partial charge on any atom is 3.00 e. The molecule has 6 heteroatoms. The largest absolute Gasteiger partial charge is 3.00 e. The van der Waals surface area contributed by atoms with Crippen LogP contribution >= 0.6 is 0 Å². The topological polar surface area (TPSA) is 86.2 Å². The number of nitriles is 2. The van der Waals surface area contributed by atoms with E-state index in [9.17, 15) is 10.5 Å². The van der Waals surface area contributed by atoms with E-state index in [0.717, 1.165) is 95.0 Å². The Bertz CT molecular complexity index is 3330. The number of rotatable bonds is 13. The number of nitrogens with zero attached hydrogens (tertiary/aromatic N) is 5. The van der Waals surface area contributed by atoms with E-state index < -0.39 is 0 Å². The molecular formula is C63H42IrN5. The molecule has 0 aliphatic carbocycles. The molecule has 3 aromatic heterocycles. The quantitative estimate of drug-likeness (QED) is 0.107. The van der Waals surface area contributed by atoms with Crippen LogP contribution in [0.2, 0.25) is 0 Å². The summed E-state index contributed by atoms with van der Waals surface area (Å²) in [6.07, 6.45) is 8.04. The van der Waals surface area contributed by atoms with E-state index >= 15 is 0 Å². The van der Waals surface area contributed by atoms with Crippen LogP contribution in [0.5, 0.6) is 0 Å². The molecule has 0 radical (unpaired) electrons. The van der Waals surface area contributed by atoms with Crippen LogP contribution < -0.4 is 0 Å². The van der Waals surface area contributed by atoms with Crippen molar-refractivity contribution < 1.29 is 20.1 Å². The molecule has 0 spiro atoms. The van der Waals surface area contributed by atoms with Gasteiger partial charge in [-0.1, -0.05) is 163 Å². The first-order valence-corrected chi connectivity index (χ1v) is 22.7. The third-order valence-electron chi connectivity index (χ3n) is 12.3. The summed E-state index contributed by atoms with van der Waals surface area (Å²) in [7, 11) is 0. The van der Waals surface area contributed by atoms with Crippen molar-refractivity contribution in [3.8, 4) is 90.4 Å². The molecule has 0 bridgehead atoms. The fraction of sp³-hybridized carbons (Fsp3) is 0.0635. The van der Waals surface area contributed by atoms with Gasteiger partial charge in [0.25, 0.3) is 0 Å². The Balaban J connectivity index is 0.00000593. The molecule has 0 unspecified atom stereocenters. The molecule has 5 nitrogen and oxygen atoms in total. The summed E-state index contributed by atoms with van der Waals surface area (Å²) in [4.78, 5) is 13.6. The summed E-state index contributed by atoms with van der Waals surface area (Å²) in [5.74, 6) is 0. The fourth-order valence-corrected chi connectivity index (χ4v) is 8.83. The molecule has 0 saturated heterocycles. The number of pyridine rings is 3. The van der Waals surface area contributed by atoms with Crippen LogP contribution in [-0.4, -0.2) is 15.0 Å². The third-order valence-corrected chi connectivity index (χ3v) is 12.3. The van der Waals surface area contributed by atoms with Crippen molar-refractivity contribution in [1.82, 2.24) is 15.0 Å². The average molecular weight is 1060 g/mol. The minimum absolute atomic E-state index is 0. The van der Waals surface area contributed by atoms with Crippen molar-refractivity contribution in [3.05, 3.63) is 258 Å². The molecule has 69 heavy (non-hydrogen) atoms. The minimum atomic E-state index is 0. The van der Waals surface area contributed by atoms with E-state index in [2.05, 4.69) is 148 Å². The van der Waals surface area contributed by atoms with E-state index in [1.54, 1.807) is 12.4 Å². The second-order valence-electron chi connectivity index (χ2n) is 16.6. The van der Waals surface area contributed by atoms with Gasteiger partial charge in [0.15, 0.2) is 0 Å². The van der Waals surface area contributed by atoms with Crippen molar-refractivity contribution in [2.24, 2.45) is 0 Å². The van der Waals surface area contributed by atoms with E-state index in [1.165, 1.54) is 5.56 Å². The maximum atomic E-state index is 10.3. The van der Waals surface area contributed by atoms with Crippen molar-refractivity contribution in [2.45, 2.75) is 25.7 Å². The molecule has 7 aromatic carbocycles. The first kappa shape index (κ1) is 45.8. The Morgan fingerprint density at radius 3 is 1.32 bits per heavy atom. The van der Waals surface area contributed by atoms with Crippen LogP contribution in [0, 0.1) is 40.9 Å². The minimum Gasteiger partial charge on any atom is -0.305 e. The summed E-state index contributed by atoms with van der Waals surface area (Å²) in [5.41, 5.74) is 19.2. The van der Waals surface area contributed by atoms with Crippen LogP contribution in [0.4, 0.5) is 0 Å². The normalized spacial score (nSPS) is 10.7. The summed E-state index contributed by atoms with van der Waals surface area (Å²) >= 11 is 0. The van der Waals surface area contributed by atoms with E-state index in [1.807, 2.05) is 91.1 Å². The number of benzene rings is 7. The molecule has 0 fully saturated rings. The molecule has 0 saturated carbocycles. The van der Waals surface area contributed by atoms with Gasteiger partial charge in [-0.05, 0) is 98.2 Å². The van der Waals surface area contributed by atoms with Crippen LogP contribution in [-0.2, 0) is 45.8 Å². The third kappa shape index (κ3) is 10.5. The standard InChI is InChI=1S/C63H42N5.Ir/c64-42-55-39-51(61-16-6-9-33-66-61)29-25-48(55)21-19-44-36-45(20-22-49-26-30-52(40-56(49)43-65)62-17-7-10-34-67-62)38-54(37-44)57-14-4-5-15-58(57)59-32-31-53(63-18-8-11-35-68-63)41-60(59)50-27-23-47(24-28-50)46-12-2-1-3-13-46;/h1-18,23-28,32-41H,19-22H2;/q-3;+3. The second kappa shape index (κ2) is 21.5. The van der Waals surface area contributed by atoms with Crippen molar-refractivity contribution in [3.63, 3.8) is 0 Å². The monoisotopic (exact) mass is 1060 g/mol. The van der Waals surface area contributed by atoms with Gasteiger partial charge in [-0.15, -0.1) is 82.4 Å². The molecule has 328 valence electrons. The summed E-state index contributed by atoms with van der Waals surface area (Å²) < 4.78 is 0. The summed E-state index contributed by atoms with van der Waals surface area (Å²) in [5, 5.41) is 20.6. The van der Waals surface area contributed by atoms with Gasteiger partial charge in [-0.2, -0.15) is 10.5 Å². The Hall–Kier alpha value is -8.38. The molecule has 10 rings (SSSR count). The zero-order valence-corrected chi connectivity index (χ0v) is 39.9. The van der Waals surface area contributed by atoms with Crippen LogP contribution in [0.25, 0.3) is 78.3 Å². The molecular weight excluding hydrogens is 1020 g/mol. The van der Waals surface area contributed by atoms with E-state index in [0.29, 0.717) is 36.8 Å². The van der Waals surface area contributed by atoms with Crippen LogP contribution in [0.3, 0.4) is 0 Å². The van der Waals surface area contributed by atoms with Gasteiger partial charge in [0.1, 0.15) is 0 Å². The van der Waals surface area contributed by atoms with Gasteiger partial charge in [0.2, 0.25) is 0 Å². The van der Waals surface area contributed by atoms with E-state index in [-0.39, 0.29) is 20.1 Å². The number of aryl methyl sites for hydroxylation is 4. The molecule has 0 amide bonds. The Kier molecular flexibility index (Phi) is 14.3. The Labute approximate surface area is 417 Å². The fourth-order valence-electron chi connectivity index (χ4n) is 8.83. The van der Waals surface area contributed by atoms with Gasteiger partial charge >= 0.3 is 20.1 Å². The average Bonchev–Trinajstić information content (AvgIpc) is 3.42. The zero-order valence-electron chi connectivity index (χ0n) is 37.5. The molecule has 0 atom stereocenters. The first-order chi connectivity index (χ1) is 33.6. The first-order valence-electron chi connectivity index (χ1n) is 22.7. The second-order valence-corrected chi connectivity index (χ2v) is 16.6. The summed E-state index contributed by atoms with van der Waals surface area (Å²) in [6.45, 7) is 0. The van der Waals surface area contributed by atoms with Gasteiger partial charge in [0.05, 0.1) is 12.1 Å². The van der Waals surface area contributed by atoms with Gasteiger partial charge < -0.3 is 15.0 Å². The number of hydrogen-bond acceptors (Lipinski definition) is 5. The predicted octanol–water partition coefficient (Wildman–Crippen LogP) is 14.3. The number of hydrogen-bond donors (Lipinski definition) is 0. The molecule has 0 N–H and O–H groups in total. The Morgan fingerprint density at radius 1 is 0.362 bits per heavy atom. The van der Waals surface area contributed by atoms with Crippen molar-refractivity contribution in [2.75, 3.05) is 0 Å². The van der Waals surface area contributed by atoms with Crippen LogP contribution in [0.1, 0.15) is 33.4 Å². The van der Waals surface area contributed by atoms with Crippen molar-refractivity contribution in [1.29, 1.82) is 10.5 Å². The SMILES string of the molecule is N#Cc1cc(-c2ccccn2)[c-]cc1CCc1cc(CCc2c[c-]c(-c3ccccn3)cc2C#N)cc(-c2ccccc2-c2c[c-]c(-c3ccccn3)cc2-c2ccc(-c3ccccc3)cc2)c1.[Ir+3]. The predicted molar refractivity (Wildman–Crippen MR) is 272 cm³/mol. The van der Waals surface area contributed by atoms with Gasteiger partial charge in [-0.3, -0.25) is 0 Å². The number of aromatic nitrogens is 3. The molecule has 3 heterocycles. The van der Waals surface area contributed by atoms with Gasteiger partial charge in [0, 0.05) is 18.6 Å².